The Morgan fingerprint density at radius 2 is 1.09 bits per heavy atom. The standard InChI is InChI=1S/C13H9F9O/c14-9(6-8(23)7-4-2-1-3-5-7)10(15,16)12(19,20)13(21,22)11(9,17)18/h1-5,8,23H,6H2. The molecule has 23 heavy (non-hydrogen) atoms. The van der Waals surface area contributed by atoms with Crippen molar-refractivity contribution >= 4 is 0 Å². The van der Waals surface area contributed by atoms with Crippen molar-refractivity contribution in [1.29, 1.82) is 0 Å². The van der Waals surface area contributed by atoms with Gasteiger partial charge in [0, 0.05) is 6.42 Å². The summed E-state index contributed by atoms with van der Waals surface area (Å²) >= 11 is 0. The van der Waals surface area contributed by atoms with Gasteiger partial charge in [-0.25, -0.2) is 4.39 Å². The van der Waals surface area contributed by atoms with Gasteiger partial charge in [-0.3, -0.25) is 0 Å². The topological polar surface area (TPSA) is 20.2 Å². The zero-order valence-electron chi connectivity index (χ0n) is 11.0. The Hall–Kier alpha value is -1.45. The smallest absolute Gasteiger partial charge is 0.381 e. The Morgan fingerprint density at radius 1 is 0.696 bits per heavy atom. The monoisotopic (exact) mass is 352 g/mol. The molecule has 0 aromatic heterocycles. The van der Waals surface area contributed by atoms with Gasteiger partial charge in [0.1, 0.15) is 0 Å². The van der Waals surface area contributed by atoms with Crippen molar-refractivity contribution in [2.24, 2.45) is 0 Å². The van der Waals surface area contributed by atoms with Gasteiger partial charge in [0.05, 0.1) is 6.10 Å². The van der Waals surface area contributed by atoms with Gasteiger partial charge in [-0.2, -0.15) is 35.1 Å². The number of aliphatic hydroxyl groups is 1. The predicted octanol–water partition coefficient (Wildman–Crippen LogP) is 4.37. The normalized spacial score (nSPS) is 27.6. The summed E-state index contributed by atoms with van der Waals surface area (Å²) in [5.74, 6) is -26.0. The van der Waals surface area contributed by atoms with Gasteiger partial charge in [0.15, 0.2) is 0 Å². The van der Waals surface area contributed by atoms with Crippen LogP contribution in [0, 0.1) is 0 Å². The minimum absolute atomic E-state index is 0.366. The maximum absolute atomic E-state index is 14.2. The molecule has 1 N–H and O–H groups in total. The van der Waals surface area contributed by atoms with Crippen LogP contribution in [0.5, 0.6) is 0 Å². The lowest BCUT2D eigenvalue weighted by Crippen LogP contribution is -2.55. The van der Waals surface area contributed by atoms with E-state index in [0.29, 0.717) is 0 Å². The minimum Gasteiger partial charge on any atom is -0.388 e. The first kappa shape index (κ1) is 17.9. The lowest BCUT2D eigenvalue weighted by molar-refractivity contribution is -0.303. The Kier molecular flexibility index (Phi) is 3.72. The van der Waals surface area contributed by atoms with E-state index in [-0.39, 0.29) is 5.56 Å². The second-order valence-electron chi connectivity index (χ2n) is 5.23. The van der Waals surface area contributed by atoms with Crippen LogP contribution in [0.2, 0.25) is 0 Å². The highest BCUT2D eigenvalue weighted by Gasteiger charge is 3.00. The van der Waals surface area contributed by atoms with Crippen LogP contribution in [0.3, 0.4) is 0 Å². The fraction of sp³-hybridized carbons (Fsp3) is 0.538. The molecule has 0 saturated heterocycles. The van der Waals surface area contributed by atoms with E-state index in [1.54, 1.807) is 0 Å². The second kappa shape index (κ2) is 4.78. The first-order valence-corrected chi connectivity index (χ1v) is 6.17. The summed E-state index contributed by atoms with van der Waals surface area (Å²) < 4.78 is 120. The Bertz CT molecular complexity index is 558. The molecule has 1 nitrogen and oxygen atoms in total. The molecule has 0 heterocycles. The first-order valence-electron chi connectivity index (χ1n) is 6.17. The highest BCUT2D eigenvalue weighted by molar-refractivity contribution is 5.28. The third-order valence-electron chi connectivity index (χ3n) is 3.84. The molecular weight excluding hydrogens is 343 g/mol. The van der Waals surface area contributed by atoms with Gasteiger partial charge in [-0.15, -0.1) is 0 Å². The van der Waals surface area contributed by atoms with E-state index in [0.717, 1.165) is 12.1 Å². The number of rotatable bonds is 3. The van der Waals surface area contributed by atoms with Crippen LogP contribution in [-0.4, -0.2) is 34.5 Å². The van der Waals surface area contributed by atoms with Crippen molar-refractivity contribution in [3.63, 3.8) is 0 Å². The molecule has 0 amide bonds. The molecule has 1 aliphatic carbocycles. The molecule has 1 fully saturated rings. The molecule has 1 unspecified atom stereocenters. The van der Waals surface area contributed by atoms with Gasteiger partial charge < -0.3 is 5.11 Å². The minimum atomic E-state index is -6.62. The molecule has 1 atom stereocenters. The van der Waals surface area contributed by atoms with Gasteiger partial charge in [0.2, 0.25) is 0 Å². The van der Waals surface area contributed by atoms with Crippen LogP contribution in [-0.2, 0) is 0 Å². The van der Waals surface area contributed by atoms with E-state index in [4.69, 9.17) is 0 Å². The number of hydrogen-bond acceptors (Lipinski definition) is 1. The largest absolute Gasteiger partial charge is 0.388 e. The van der Waals surface area contributed by atoms with Crippen LogP contribution in [0.15, 0.2) is 30.3 Å². The molecule has 130 valence electrons. The van der Waals surface area contributed by atoms with Crippen molar-refractivity contribution in [2.75, 3.05) is 0 Å². The van der Waals surface area contributed by atoms with Crippen LogP contribution in [0.4, 0.5) is 39.5 Å². The van der Waals surface area contributed by atoms with Gasteiger partial charge in [-0.1, -0.05) is 30.3 Å². The molecule has 0 spiro atoms. The van der Waals surface area contributed by atoms with E-state index in [2.05, 4.69) is 0 Å². The van der Waals surface area contributed by atoms with Crippen LogP contribution in [0.1, 0.15) is 18.1 Å². The summed E-state index contributed by atoms with van der Waals surface area (Å²) in [5, 5.41) is 9.55. The van der Waals surface area contributed by atoms with Gasteiger partial charge in [0.25, 0.3) is 5.67 Å². The maximum atomic E-state index is 14.2. The SMILES string of the molecule is OC(CC1(F)C(F)(F)C(F)(F)C(F)(F)C1(F)F)c1ccccc1. The molecule has 0 bridgehead atoms. The molecule has 1 saturated carbocycles. The molecule has 0 radical (unpaired) electrons. The zero-order valence-corrected chi connectivity index (χ0v) is 11.0. The first-order chi connectivity index (χ1) is 10.2. The predicted molar refractivity (Wildman–Crippen MR) is 59.6 cm³/mol. The van der Waals surface area contributed by atoms with Crippen LogP contribution in [0.25, 0.3) is 0 Å². The Morgan fingerprint density at radius 3 is 1.48 bits per heavy atom. The van der Waals surface area contributed by atoms with E-state index in [1.807, 2.05) is 0 Å². The number of halogens is 9. The Balaban J connectivity index is 2.51. The van der Waals surface area contributed by atoms with Crippen molar-refractivity contribution in [3.05, 3.63) is 35.9 Å². The van der Waals surface area contributed by atoms with Crippen molar-refractivity contribution in [1.82, 2.24) is 0 Å². The molecule has 1 aromatic carbocycles. The Labute approximate surface area is 123 Å². The summed E-state index contributed by atoms with van der Waals surface area (Å²) in [6.07, 6.45) is -4.75. The fourth-order valence-electron chi connectivity index (χ4n) is 2.41. The lowest BCUT2D eigenvalue weighted by Gasteiger charge is -2.32. The summed E-state index contributed by atoms with van der Waals surface area (Å²) in [6, 6.07) is 5.84. The highest BCUT2D eigenvalue weighted by Crippen LogP contribution is 2.70. The number of benzene rings is 1. The average molecular weight is 352 g/mol. The average Bonchev–Trinajstić information content (AvgIpc) is 2.50. The van der Waals surface area contributed by atoms with Crippen molar-refractivity contribution in [3.8, 4) is 0 Å². The quantitative estimate of drug-likeness (QED) is 0.801. The summed E-state index contributed by atoms with van der Waals surface area (Å²) in [7, 11) is 0. The lowest BCUT2D eigenvalue weighted by atomic mass is 9.88. The zero-order chi connectivity index (χ0) is 17.9. The van der Waals surface area contributed by atoms with E-state index < -0.39 is 41.9 Å². The molecule has 10 heteroatoms. The third-order valence-corrected chi connectivity index (χ3v) is 3.84. The molecular formula is C13H9F9O. The van der Waals surface area contributed by atoms with Crippen molar-refractivity contribution in [2.45, 2.75) is 41.9 Å². The van der Waals surface area contributed by atoms with Crippen LogP contribution < -0.4 is 0 Å². The molecule has 1 aromatic rings. The summed E-state index contributed by atoms with van der Waals surface area (Å²) in [6.45, 7) is 0. The number of aliphatic hydroxyl groups excluding tert-OH is 1. The van der Waals surface area contributed by atoms with E-state index in [1.165, 1.54) is 18.2 Å². The number of hydrogen-bond donors (Lipinski definition) is 1. The second-order valence-corrected chi connectivity index (χ2v) is 5.23. The molecule has 0 aliphatic heterocycles. The van der Waals surface area contributed by atoms with Gasteiger partial charge >= 0.3 is 23.7 Å². The molecule has 1 aliphatic rings. The van der Waals surface area contributed by atoms with E-state index in [9.17, 15) is 44.6 Å². The summed E-state index contributed by atoms with van der Waals surface area (Å²) in [4.78, 5) is 0. The van der Waals surface area contributed by atoms with Crippen LogP contribution >= 0.6 is 0 Å². The third kappa shape index (κ3) is 1.93. The number of alkyl halides is 9. The summed E-state index contributed by atoms with van der Waals surface area (Å²) in [5.41, 5.74) is -6.00. The fourth-order valence-corrected chi connectivity index (χ4v) is 2.41. The van der Waals surface area contributed by atoms with Gasteiger partial charge in [-0.05, 0) is 5.56 Å². The highest BCUT2D eigenvalue weighted by atomic mass is 19.4. The molecule has 2 rings (SSSR count). The van der Waals surface area contributed by atoms with E-state index >= 15 is 0 Å². The maximum Gasteiger partial charge on any atom is 0.381 e. The van der Waals surface area contributed by atoms with Crippen molar-refractivity contribution < 1.29 is 44.6 Å².